The molecule has 0 heterocycles. The van der Waals surface area contributed by atoms with Crippen LogP contribution in [-0.2, 0) is 10.0 Å². The molecule has 10 heavy (non-hydrogen) atoms. The summed E-state index contributed by atoms with van der Waals surface area (Å²) in [4.78, 5) is 0. The Hall–Kier alpha value is -0.350. The van der Waals surface area contributed by atoms with Gasteiger partial charge in [-0.15, -0.1) is 6.58 Å². The highest BCUT2D eigenvalue weighted by atomic mass is 32.2. The SMILES string of the molecule is C=CCCS(=O)(=O)NCC. The Kier molecular flexibility index (Phi) is 4.31. The van der Waals surface area contributed by atoms with Gasteiger partial charge in [0.15, 0.2) is 0 Å². The van der Waals surface area contributed by atoms with Crippen molar-refractivity contribution in [2.24, 2.45) is 0 Å². The molecular formula is C6H13NO2S. The number of allylic oxidation sites excluding steroid dienone is 1. The molecule has 0 aromatic carbocycles. The van der Waals surface area contributed by atoms with Gasteiger partial charge in [0, 0.05) is 6.54 Å². The van der Waals surface area contributed by atoms with E-state index in [9.17, 15) is 8.42 Å². The minimum atomic E-state index is -3.02. The smallest absolute Gasteiger partial charge is 0.211 e. The topological polar surface area (TPSA) is 46.2 Å². The summed E-state index contributed by atoms with van der Waals surface area (Å²) in [6.45, 7) is 5.64. The lowest BCUT2D eigenvalue weighted by molar-refractivity contribution is 0.583. The Morgan fingerprint density at radius 2 is 2.20 bits per heavy atom. The van der Waals surface area contributed by atoms with Crippen molar-refractivity contribution in [3.05, 3.63) is 12.7 Å². The molecule has 4 heteroatoms. The molecule has 3 nitrogen and oxygen atoms in total. The second-order valence-corrected chi connectivity index (χ2v) is 3.82. The molecule has 0 unspecified atom stereocenters. The molecule has 0 aromatic heterocycles. The standard InChI is InChI=1S/C6H13NO2S/c1-3-5-6-10(8,9)7-4-2/h3,7H,1,4-6H2,2H3. The maximum absolute atomic E-state index is 10.8. The highest BCUT2D eigenvalue weighted by Gasteiger charge is 2.04. The van der Waals surface area contributed by atoms with Gasteiger partial charge in [0.1, 0.15) is 0 Å². The van der Waals surface area contributed by atoms with Gasteiger partial charge >= 0.3 is 0 Å². The van der Waals surface area contributed by atoms with Gasteiger partial charge in [-0.1, -0.05) is 13.0 Å². The van der Waals surface area contributed by atoms with Gasteiger partial charge in [0.05, 0.1) is 5.75 Å². The first-order valence-corrected chi connectivity index (χ1v) is 4.86. The molecule has 0 aliphatic rings. The average Bonchev–Trinajstić information content (AvgIpc) is 1.84. The second kappa shape index (κ2) is 4.46. The third-order valence-electron chi connectivity index (χ3n) is 0.955. The van der Waals surface area contributed by atoms with Gasteiger partial charge in [0.2, 0.25) is 10.0 Å². The van der Waals surface area contributed by atoms with Crippen LogP contribution in [0.2, 0.25) is 0 Å². The minimum Gasteiger partial charge on any atom is -0.216 e. The van der Waals surface area contributed by atoms with Crippen LogP contribution in [0.25, 0.3) is 0 Å². The van der Waals surface area contributed by atoms with Crippen molar-refractivity contribution in [2.75, 3.05) is 12.3 Å². The van der Waals surface area contributed by atoms with Gasteiger partial charge in [0.25, 0.3) is 0 Å². The van der Waals surface area contributed by atoms with E-state index in [2.05, 4.69) is 11.3 Å². The van der Waals surface area contributed by atoms with E-state index in [0.29, 0.717) is 13.0 Å². The van der Waals surface area contributed by atoms with Crippen LogP contribution in [0.3, 0.4) is 0 Å². The molecule has 0 spiro atoms. The van der Waals surface area contributed by atoms with E-state index in [1.165, 1.54) is 0 Å². The maximum atomic E-state index is 10.8. The lowest BCUT2D eigenvalue weighted by atomic mass is 10.5. The molecule has 0 aliphatic carbocycles. The summed E-state index contributed by atoms with van der Waals surface area (Å²) in [7, 11) is -3.02. The van der Waals surface area contributed by atoms with E-state index in [4.69, 9.17) is 0 Å². The quantitative estimate of drug-likeness (QED) is 0.600. The summed E-state index contributed by atoms with van der Waals surface area (Å²) < 4.78 is 24.0. The number of sulfonamides is 1. The third-order valence-corrected chi connectivity index (χ3v) is 2.46. The predicted molar refractivity (Wildman–Crippen MR) is 42.3 cm³/mol. The zero-order valence-corrected chi connectivity index (χ0v) is 6.95. The molecule has 0 atom stereocenters. The highest BCUT2D eigenvalue weighted by molar-refractivity contribution is 7.89. The lowest BCUT2D eigenvalue weighted by Crippen LogP contribution is -2.25. The van der Waals surface area contributed by atoms with Crippen molar-refractivity contribution >= 4 is 10.0 Å². The van der Waals surface area contributed by atoms with Crippen molar-refractivity contribution in [1.29, 1.82) is 0 Å². The Labute approximate surface area is 62.2 Å². The molecule has 60 valence electrons. The molecule has 0 bridgehead atoms. The summed E-state index contributed by atoms with van der Waals surface area (Å²) in [5, 5.41) is 0. The molecule has 0 aliphatic heterocycles. The predicted octanol–water partition coefficient (Wildman–Crippen LogP) is 0.502. The molecule has 0 fully saturated rings. The van der Waals surface area contributed by atoms with Crippen LogP contribution in [0.4, 0.5) is 0 Å². The van der Waals surface area contributed by atoms with Gasteiger partial charge < -0.3 is 0 Å². The van der Waals surface area contributed by atoms with E-state index >= 15 is 0 Å². The van der Waals surface area contributed by atoms with Crippen molar-refractivity contribution in [1.82, 2.24) is 4.72 Å². The Balaban J connectivity index is 3.76. The number of hydrogen-bond acceptors (Lipinski definition) is 2. The average molecular weight is 163 g/mol. The minimum absolute atomic E-state index is 0.143. The van der Waals surface area contributed by atoms with Crippen LogP contribution in [0.1, 0.15) is 13.3 Å². The van der Waals surface area contributed by atoms with Crippen molar-refractivity contribution in [3.8, 4) is 0 Å². The van der Waals surface area contributed by atoms with Gasteiger partial charge in [-0.3, -0.25) is 0 Å². The summed E-state index contributed by atoms with van der Waals surface area (Å²) >= 11 is 0. The normalized spacial score (nSPS) is 11.3. The van der Waals surface area contributed by atoms with Gasteiger partial charge in [-0.05, 0) is 6.42 Å². The van der Waals surface area contributed by atoms with Crippen LogP contribution >= 0.6 is 0 Å². The Bertz CT molecular complexity index is 184. The molecule has 0 rings (SSSR count). The van der Waals surface area contributed by atoms with Crippen molar-refractivity contribution < 1.29 is 8.42 Å². The first-order chi connectivity index (χ1) is 4.62. The summed E-state index contributed by atoms with van der Waals surface area (Å²) in [5.41, 5.74) is 0. The first-order valence-electron chi connectivity index (χ1n) is 3.20. The van der Waals surface area contributed by atoms with E-state index < -0.39 is 10.0 Å². The van der Waals surface area contributed by atoms with Crippen LogP contribution in [0.5, 0.6) is 0 Å². The van der Waals surface area contributed by atoms with Gasteiger partial charge in [-0.2, -0.15) is 0 Å². The van der Waals surface area contributed by atoms with Crippen LogP contribution in [-0.4, -0.2) is 20.7 Å². The van der Waals surface area contributed by atoms with Crippen molar-refractivity contribution in [3.63, 3.8) is 0 Å². The first kappa shape index (κ1) is 9.65. The lowest BCUT2D eigenvalue weighted by Gasteiger charge is -2.00. The summed E-state index contributed by atoms with van der Waals surface area (Å²) in [6, 6.07) is 0. The van der Waals surface area contributed by atoms with E-state index in [1.54, 1.807) is 13.0 Å². The van der Waals surface area contributed by atoms with Crippen LogP contribution in [0, 0.1) is 0 Å². The fourth-order valence-corrected chi connectivity index (χ4v) is 1.59. The summed E-state index contributed by atoms with van der Waals surface area (Å²) in [6.07, 6.45) is 2.10. The highest BCUT2D eigenvalue weighted by Crippen LogP contribution is 1.88. The molecule has 0 saturated carbocycles. The van der Waals surface area contributed by atoms with Crippen LogP contribution < -0.4 is 4.72 Å². The zero-order chi connectivity index (χ0) is 8.04. The Morgan fingerprint density at radius 3 is 2.60 bits per heavy atom. The molecule has 0 aromatic rings. The molecule has 0 radical (unpaired) electrons. The van der Waals surface area contributed by atoms with E-state index in [1.807, 2.05) is 0 Å². The molecule has 0 amide bonds. The molecular weight excluding hydrogens is 150 g/mol. The van der Waals surface area contributed by atoms with Crippen molar-refractivity contribution in [2.45, 2.75) is 13.3 Å². The van der Waals surface area contributed by atoms with E-state index in [-0.39, 0.29) is 5.75 Å². The largest absolute Gasteiger partial charge is 0.216 e. The third kappa shape index (κ3) is 4.52. The summed E-state index contributed by atoms with van der Waals surface area (Å²) in [5.74, 6) is 0.143. The number of nitrogens with one attached hydrogen (secondary N) is 1. The van der Waals surface area contributed by atoms with Crippen LogP contribution in [0.15, 0.2) is 12.7 Å². The number of hydrogen-bond donors (Lipinski definition) is 1. The van der Waals surface area contributed by atoms with Gasteiger partial charge in [-0.25, -0.2) is 13.1 Å². The fourth-order valence-electron chi connectivity index (χ4n) is 0.531. The maximum Gasteiger partial charge on any atom is 0.211 e. The monoisotopic (exact) mass is 163 g/mol. The zero-order valence-electron chi connectivity index (χ0n) is 6.13. The second-order valence-electron chi connectivity index (χ2n) is 1.89. The fraction of sp³-hybridized carbons (Fsp3) is 0.667. The molecule has 1 N–H and O–H groups in total. The van der Waals surface area contributed by atoms with E-state index in [0.717, 1.165) is 0 Å². The number of rotatable bonds is 5. The molecule has 0 saturated heterocycles. The Morgan fingerprint density at radius 1 is 1.60 bits per heavy atom.